The predicted molar refractivity (Wildman–Crippen MR) is 67.8 cm³/mol. The topological polar surface area (TPSA) is 77.2 Å². The van der Waals surface area contributed by atoms with E-state index >= 15 is 0 Å². The molecule has 3 rings (SSSR count). The van der Waals surface area contributed by atoms with Crippen molar-refractivity contribution < 1.29 is 14.1 Å². The summed E-state index contributed by atoms with van der Waals surface area (Å²) in [5.74, 6) is 0.292. The third-order valence-corrected chi connectivity index (χ3v) is 3.35. The fraction of sp³-hybridized carbons (Fsp3) is 0.462. The number of fused-ring (bicyclic) bond motifs is 1. The highest BCUT2D eigenvalue weighted by Gasteiger charge is 2.17. The van der Waals surface area contributed by atoms with Crippen LogP contribution in [0.15, 0.2) is 16.8 Å². The van der Waals surface area contributed by atoms with Crippen LogP contribution in [0.4, 0.5) is 0 Å². The van der Waals surface area contributed by atoms with Gasteiger partial charge in [0.25, 0.3) is 11.6 Å². The number of aryl methyl sites for hydroxylation is 1. The van der Waals surface area contributed by atoms with Crippen LogP contribution in [0.3, 0.4) is 0 Å². The normalized spacial score (nSPS) is 18.9. The molecule has 1 aliphatic rings. The lowest BCUT2D eigenvalue weighted by molar-refractivity contribution is 0.0945. The highest BCUT2D eigenvalue weighted by molar-refractivity contribution is 5.96. The predicted octanol–water partition coefficient (Wildman–Crippen LogP) is 1.30. The van der Waals surface area contributed by atoms with Crippen LogP contribution >= 0.6 is 0 Å². The minimum atomic E-state index is -0.123. The fourth-order valence-corrected chi connectivity index (χ4v) is 2.15. The maximum absolute atomic E-state index is 12.0. The van der Waals surface area contributed by atoms with E-state index in [1.54, 1.807) is 6.07 Å². The second-order valence-corrected chi connectivity index (χ2v) is 4.78. The molecule has 1 saturated heterocycles. The number of ether oxygens (including phenoxy) is 1. The van der Waals surface area contributed by atoms with Gasteiger partial charge in [-0.2, -0.15) is 0 Å². The van der Waals surface area contributed by atoms with Crippen LogP contribution in [0.25, 0.3) is 11.1 Å². The molecule has 0 saturated carbocycles. The van der Waals surface area contributed by atoms with Crippen molar-refractivity contribution >= 4 is 17.0 Å². The Hall–Kier alpha value is -1.95. The van der Waals surface area contributed by atoms with Gasteiger partial charge < -0.3 is 14.6 Å². The monoisotopic (exact) mass is 261 g/mol. The van der Waals surface area contributed by atoms with Crippen LogP contribution < -0.4 is 5.32 Å². The lowest BCUT2D eigenvalue weighted by Crippen LogP contribution is -2.29. The number of amides is 1. The summed E-state index contributed by atoms with van der Waals surface area (Å²) in [4.78, 5) is 16.1. The van der Waals surface area contributed by atoms with E-state index in [1.807, 2.05) is 6.92 Å². The second kappa shape index (κ2) is 4.97. The summed E-state index contributed by atoms with van der Waals surface area (Å²) in [5.41, 5.74) is 1.72. The van der Waals surface area contributed by atoms with Gasteiger partial charge in [-0.3, -0.25) is 4.79 Å². The van der Waals surface area contributed by atoms with E-state index in [0.29, 0.717) is 23.7 Å². The van der Waals surface area contributed by atoms with Crippen molar-refractivity contribution in [2.45, 2.75) is 13.3 Å². The molecule has 6 heteroatoms. The van der Waals surface area contributed by atoms with Crippen molar-refractivity contribution in [3.05, 3.63) is 23.5 Å². The lowest BCUT2D eigenvalue weighted by Gasteiger charge is -2.09. The van der Waals surface area contributed by atoms with Gasteiger partial charge in [-0.1, -0.05) is 5.16 Å². The molecule has 0 aliphatic carbocycles. The zero-order valence-electron chi connectivity index (χ0n) is 10.7. The van der Waals surface area contributed by atoms with Gasteiger partial charge in [-0.15, -0.1) is 0 Å². The molecule has 0 aromatic carbocycles. The maximum Gasteiger partial charge on any atom is 0.257 e. The molecule has 1 amide bonds. The molecule has 6 nitrogen and oxygen atoms in total. The zero-order valence-corrected chi connectivity index (χ0v) is 10.7. The van der Waals surface area contributed by atoms with Gasteiger partial charge >= 0.3 is 0 Å². The number of hydrogen-bond acceptors (Lipinski definition) is 5. The Kier molecular flexibility index (Phi) is 3.16. The Morgan fingerprint density at radius 3 is 3.26 bits per heavy atom. The van der Waals surface area contributed by atoms with E-state index in [4.69, 9.17) is 9.26 Å². The number of rotatable bonds is 3. The quantitative estimate of drug-likeness (QED) is 0.901. The maximum atomic E-state index is 12.0. The van der Waals surface area contributed by atoms with Gasteiger partial charge in [0.15, 0.2) is 0 Å². The highest BCUT2D eigenvalue weighted by Crippen LogP contribution is 2.17. The number of carbonyl (C=O) groups excluding carboxylic acids is 1. The molecule has 0 unspecified atom stereocenters. The molecule has 100 valence electrons. The first-order valence-corrected chi connectivity index (χ1v) is 6.32. The second-order valence-electron chi connectivity index (χ2n) is 4.78. The smallest absolute Gasteiger partial charge is 0.257 e. The van der Waals surface area contributed by atoms with Crippen LogP contribution in [-0.2, 0) is 4.74 Å². The van der Waals surface area contributed by atoms with Crippen molar-refractivity contribution in [1.29, 1.82) is 0 Å². The first-order chi connectivity index (χ1) is 9.24. The molecule has 1 N–H and O–H groups in total. The number of hydrogen-bond donors (Lipinski definition) is 1. The summed E-state index contributed by atoms with van der Waals surface area (Å²) in [6.45, 7) is 3.97. The summed E-state index contributed by atoms with van der Waals surface area (Å²) in [5, 5.41) is 7.50. The molecule has 1 atom stereocenters. The van der Waals surface area contributed by atoms with Gasteiger partial charge in [0.2, 0.25) is 0 Å². The molecular formula is C13H15N3O3. The van der Waals surface area contributed by atoms with Crippen LogP contribution in [0.5, 0.6) is 0 Å². The molecule has 2 aromatic rings. The van der Waals surface area contributed by atoms with Crippen LogP contribution in [0.1, 0.15) is 22.5 Å². The molecular weight excluding hydrogens is 246 g/mol. The Labute approximate surface area is 110 Å². The average Bonchev–Trinajstić information content (AvgIpc) is 3.06. The first kappa shape index (κ1) is 12.1. The van der Waals surface area contributed by atoms with Crippen molar-refractivity contribution in [3.8, 4) is 0 Å². The van der Waals surface area contributed by atoms with Crippen molar-refractivity contribution in [1.82, 2.24) is 15.5 Å². The van der Waals surface area contributed by atoms with Crippen LogP contribution in [0.2, 0.25) is 0 Å². The standard InChI is InChI=1S/C13H15N3O3/c1-8-11-4-10(6-15-13(11)19-16-8)12(17)14-5-9-2-3-18-7-9/h4,6,9H,2-3,5,7H2,1H3,(H,14,17)/t9-/m1/s1. The molecule has 1 fully saturated rings. The van der Waals surface area contributed by atoms with E-state index in [2.05, 4.69) is 15.5 Å². The van der Waals surface area contributed by atoms with E-state index in [1.165, 1.54) is 6.20 Å². The third kappa shape index (κ3) is 2.44. The molecule has 0 radical (unpaired) electrons. The van der Waals surface area contributed by atoms with Crippen LogP contribution in [0, 0.1) is 12.8 Å². The highest BCUT2D eigenvalue weighted by atomic mass is 16.5. The molecule has 2 aromatic heterocycles. The average molecular weight is 261 g/mol. The number of nitrogens with one attached hydrogen (secondary N) is 1. The minimum Gasteiger partial charge on any atom is -0.381 e. The Balaban J connectivity index is 1.71. The van der Waals surface area contributed by atoms with Gasteiger partial charge in [0, 0.05) is 25.3 Å². The van der Waals surface area contributed by atoms with Gasteiger partial charge in [0.1, 0.15) is 0 Å². The largest absolute Gasteiger partial charge is 0.381 e. The Morgan fingerprint density at radius 2 is 2.47 bits per heavy atom. The number of nitrogens with zero attached hydrogens (tertiary/aromatic N) is 2. The summed E-state index contributed by atoms with van der Waals surface area (Å²) in [6, 6.07) is 1.76. The van der Waals surface area contributed by atoms with Crippen molar-refractivity contribution in [3.63, 3.8) is 0 Å². The van der Waals surface area contributed by atoms with Gasteiger partial charge in [-0.25, -0.2) is 4.98 Å². The third-order valence-electron chi connectivity index (χ3n) is 3.35. The van der Waals surface area contributed by atoms with Crippen molar-refractivity contribution in [2.24, 2.45) is 5.92 Å². The molecule has 3 heterocycles. The summed E-state index contributed by atoms with van der Waals surface area (Å²) < 4.78 is 10.3. The number of carbonyl (C=O) groups is 1. The summed E-state index contributed by atoms with van der Waals surface area (Å²) >= 11 is 0. The van der Waals surface area contributed by atoms with E-state index in [-0.39, 0.29) is 5.91 Å². The van der Waals surface area contributed by atoms with Gasteiger partial charge in [-0.05, 0) is 19.4 Å². The SMILES string of the molecule is Cc1noc2ncc(C(=O)NC[C@H]3CCOC3)cc12. The molecule has 0 spiro atoms. The van der Waals surface area contributed by atoms with Crippen LogP contribution in [-0.4, -0.2) is 35.8 Å². The molecule has 19 heavy (non-hydrogen) atoms. The minimum absolute atomic E-state index is 0.123. The zero-order chi connectivity index (χ0) is 13.2. The Bertz CT molecular complexity index is 602. The Morgan fingerprint density at radius 1 is 1.58 bits per heavy atom. The van der Waals surface area contributed by atoms with E-state index in [9.17, 15) is 4.79 Å². The molecule has 0 bridgehead atoms. The number of pyridine rings is 1. The van der Waals surface area contributed by atoms with Crippen molar-refractivity contribution in [2.75, 3.05) is 19.8 Å². The first-order valence-electron chi connectivity index (χ1n) is 6.32. The van der Waals surface area contributed by atoms with Gasteiger partial charge in [0.05, 0.1) is 23.3 Å². The lowest BCUT2D eigenvalue weighted by atomic mass is 10.1. The summed E-state index contributed by atoms with van der Waals surface area (Å²) in [7, 11) is 0. The molecule has 1 aliphatic heterocycles. The van der Waals surface area contributed by atoms with E-state index in [0.717, 1.165) is 30.7 Å². The summed E-state index contributed by atoms with van der Waals surface area (Å²) in [6.07, 6.45) is 2.51. The fourth-order valence-electron chi connectivity index (χ4n) is 2.15. The van der Waals surface area contributed by atoms with E-state index < -0.39 is 0 Å². The number of aromatic nitrogens is 2.